The van der Waals surface area contributed by atoms with Crippen LogP contribution >= 0.6 is 0 Å². The van der Waals surface area contributed by atoms with E-state index in [4.69, 9.17) is 0 Å². The van der Waals surface area contributed by atoms with Crippen molar-refractivity contribution in [3.05, 3.63) is 34.0 Å². The Morgan fingerprint density at radius 3 is 1.95 bits per heavy atom. The molecule has 1 atom stereocenters. The molecule has 9 nitrogen and oxygen atoms in total. The Kier molecular flexibility index (Phi) is 17.2. The molecule has 1 aromatic heterocycles. The van der Waals surface area contributed by atoms with E-state index in [1.54, 1.807) is 6.20 Å². The van der Waals surface area contributed by atoms with Crippen molar-refractivity contribution in [1.82, 2.24) is 15.2 Å². The van der Waals surface area contributed by atoms with Gasteiger partial charge in [-0.2, -0.15) is 0 Å². The van der Waals surface area contributed by atoms with Crippen molar-refractivity contribution in [2.24, 2.45) is 0 Å². The third kappa shape index (κ3) is 14.5. The van der Waals surface area contributed by atoms with E-state index in [-0.39, 0.29) is 12.5 Å². The van der Waals surface area contributed by atoms with Gasteiger partial charge in [0.2, 0.25) is 0 Å². The first-order valence-electron chi connectivity index (χ1n) is 15.5. The molecule has 1 aliphatic heterocycles. The number of anilines is 1. The van der Waals surface area contributed by atoms with Crippen LogP contribution in [0.2, 0.25) is 0 Å². The average molecular weight is 548 g/mol. The molecule has 39 heavy (non-hydrogen) atoms. The third-order valence-corrected chi connectivity index (χ3v) is 7.92. The lowest BCUT2D eigenvalue weighted by Gasteiger charge is -2.38. The zero-order valence-corrected chi connectivity index (χ0v) is 24.6. The number of hydrogen-bond donors (Lipinski definition) is 1. The number of hydrogen-bond acceptors (Lipinski definition) is 7. The Morgan fingerprint density at radius 1 is 0.923 bits per heavy atom. The average Bonchev–Trinajstić information content (AvgIpc) is 2.96. The Labute approximate surface area is 236 Å². The van der Waals surface area contributed by atoms with E-state index in [9.17, 15) is 14.9 Å². The van der Waals surface area contributed by atoms with Gasteiger partial charge in [0.15, 0.2) is 0 Å². The Morgan fingerprint density at radius 2 is 1.46 bits per heavy atom. The number of piperazine rings is 1. The van der Waals surface area contributed by atoms with Crippen molar-refractivity contribution in [3.63, 3.8) is 0 Å². The van der Waals surface area contributed by atoms with Crippen LogP contribution in [0.15, 0.2) is 18.3 Å². The highest BCUT2D eigenvalue weighted by Gasteiger charge is 2.21. The quantitative estimate of drug-likeness (QED) is 0.102. The standard InChI is InChI=1S/C30H53N5O4/c1-3-27(2)33-21-23-34(24-22-33)29-19-18-28(26-32-29)30(36)31-20-16-14-12-10-8-6-4-5-7-9-11-13-15-17-25-39-35(37)38/h18-19,26-27H,3-17,20-25H2,1-2H3,(H,31,36). The minimum atomic E-state index is -0.713. The second-order valence-electron chi connectivity index (χ2n) is 10.9. The largest absolute Gasteiger partial charge is 0.354 e. The van der Waals surface area contributed by atoms with Crippen molar-refractivity contribution in [2.75, 3.05) is 44.2 Å². The number of aromatic nitrogens is 1. The number of amides is 1. The highest BCUT2D eigenvalue weighted by molar-refractivity contribution is 5.94. The number of pyridine rings is 1. The first-order valence-corrected chi connectivity index (χ1v) is 15.5. The minimum absolute atomic E-state index is 0.0282. The summed E-state index contributed by atoms with van der Waals surface area (Å²) in [5.74, 6) is 0.935. The van der Waals surface area contributed by atoms with Gasteiger partial charge < -0.3 is 15.1 Å². The molecular formula is C30H53N5O4. The molecule has 1 amide bonds. The van der Waals surface area contributed by atoms with Crippen LogP contribution in [-0.2, 0) is 4.84 Å². The zero-order chi connectivity index (χ0) is 28.1. The molecule has 1 fully saturated rings. The third-order valence-electron chi connectivity index (χ3n) is 7.92. The fourth-order valence-electron chi connectivity index (χ4n) is 5.15. The Balaban J connectivity index is 1.39. The van der Waals surface area contributed by atoms with Crippen molar-refractivity contribution in [3.8, 4) is 0 Å². The number of nitrogens with one attached hydrogen (secondary N) is 1. The van der Waals surface area contributed by atoms with E-state index in [0.717, 1.165) is 70.6 Å². The highest BCUT2D eigenvalue weighted by atomic mass is 16.9. The van der Waals surface area contributed by atoms with Gasteiger partial charge in [0.05, 0.1) is 12.2 Å². The van der Waals surface area contributed by atoms with Crippen LogP contribution in [0.25, 0.3) is 0 Å². The number of rotatable bonds is 22. The molecule has 2 heterocycles. The van der Waals surface area contributed by atoms with Crippen molar-refractivity contribution in [2.45, 2.75) is 116 Å². The smallest absolute Gasteiger partial charge is 0.294 e. The first kappa shape index (κ1) is 32.8. The van der Waals surface area contributed by atoms with Gasteiger partial charge in [-0.05, 0) is 38.3 Å². The molecule has 0 aliphatic carbocycles. The zero-order valence-electron chi connectivity index (χ0n) is 24.6. The van der Waals surface area contributed by atoms with Crippen LogP contribution in [-0.4, -0.2) is 66.3 Å². The topological polar surface area (TPSA) is 101 Å². The molecule has 0 spiro atoms. The van der Waals surface area contributed by atoms with Crippen LogP contribution in [0, 0.1) is 10.1 Å². The second-order valence-corrected chi connectivity index (χ2v) is 10.9. The second kappa shape index (κ2) is 20.5. The first-order chi connectivity index (χ1) is 19.0. The Hall–Kier alpha value is -2.42. The molecule has 9 heteroatoms. The summed E-state index contributed by atoms with van der Waals surface area (Å²) in [4.78, 5) is 36.3. The summed E-state index contributed by atoms with van der Waals surface area (Å²) in [7, 11) is 0. The predicted molar refractivity (Wildman–Crippen MR) is 158 cm³/mol. The van der Waals surface area contributed by atoms with Crippen LogP contribution in [0.1, 0.15) is 121 Å². The molecular weight excluding hydrogens is 494 g/mol. The lowest BCUT2D eigenvalue weighted by atomic mass is 10.0. The summed E-state index contributed by atoms with van der Waals surface area (Å²) in [5, 5.41) is 12.4. The van der Waals surface area contributed by atoms with E-state index in [2.05, 4.69) is 38.8 Å². The van der Waals surface area contributed by atoms with E-state index in [1.165, 1.54) is 64.2 Å². The number of carbonyl (C=O) groups excluding carboxylic acids is 1. The molecule has 0 radical (unpaired) electrons. The van der Waals surface area contributed by atoms with Gasteiger partial charge in [-0.25, -0.2) is 4.98 Å². The molecule has 2 rings (SSSR count). The number of nitrogens with zero attached hydrogens (tertiary/aromatic N) is 4. The summed E-state index contributed by atoms with van der Waals surface area (Å²) in [6.45, 7) is 9.58. The van der Waals surface area contributed by atoms with E-state index in [0.29, 0.717) is 11.6 Å². The molecule has 0 aromatic carbocycles. The molecule has 1 N–H and O–H groups in total. The molecule has 0 saturated carbocycles. The van der Waals surface area contributed by atoms with E-state index >= 15 is 0 Å². The lowest BCUT2D eigenvalue weighted by Crippen LogP contribution is -2.49. The fraction of sp³-hybridized carbons (Fsp3) is 0.800. The van der Waals surface area contributed by atoms with E-state index in [1.807, 2.05) is 12.1 Å². The maximum atomic E-state index is 12.5. The fourth-order valence-corrected chi connectivity index (χ4v) is 5.15. The van der Waals surface area contributed by atoms with Crippen molar-refractivity contribution in [1.29, 1.82) is 0 Å². The highest BCUT2D eigenvalue weighted by Crippen LogP contribution is 2.16. The number of unbranched alkanes of at least 4 members (excludes halogenated alkanes) is 13. The summed E-state index contributed by atoms with van der Waals surface area (Å²) in [6, 6.07) is 4.51. The molecule has 1 aromatic rings. The van der Waals surface area contributed by atoms with Crippen LogP contribution in [0.4, 0.5) is 5.82 Å². The SMILES string of the molecule is CCC(C)N1CCN(c2ccc(C(=O)NCCCCCCCCCCCCCCCCO[N+](=O)[O-])cn2)CC1. The Bertz CT molecular complexity index is 784. The summed E-state index contributed by atoms with van der Waals surface area (Å²) < 4.78 is 0. The monoisotopic (exact) mass is 547 g/mol. The molecule has 1 aliphatic rings. The predicted octanol–water partition coefficient (Wildman–Crippen LogP) is 6.40. The maximum Gasteiger partial charge on any atom is 0.294 e. The van der Waals surface area contributed by atoms with Crippen LogP contribution in [0.3, 0.4) is 0 Å². The van der Waals surface area contributed by atoms with Gasteiger partial charge in [-0.1, -0.05) is 84.0 Å². The van der Waals surface area contributed by atoms with Crippen molar-refractivity contribution >= 4 is 11.7 Å². The molecule has 1 unspecified atom stereocenters. The number of carbonyl (C=O) groups is 1. The minimum Gasteiger partial charge on any atom is -0.354 e. The molecule has 1 saturated heterocycles. The van der Waals surface area contributed by atoms with Gasteiger partial charge in [0, 0.05) is 45.0 Å². The van der Waals surface area contributed by atoms with E-state index < -0.39 is 5.09 Å². The van der Waals surface area contributed by atoms with Gasteiger partial charge in [0.1, 0.15) is 5.82 Å². The lowest BCUT2D eigenvalue weighted by molar-refractivity contribution is -0.757. The van der Waals surface area contributed by atoms with Gasteiger partial charge in [-0.15, -0.1) is 10.1 Å². The van der Waals surface area contributed by atoms with Gasteiger partial charge in [-0.3, -0.25) is 9.69 Å². The maximum absolute atomic E-state index is 12.5. The summed E-state index contributed by atoms with van der Waals surface area (Å²) >= 11 is 0. The van der Waals surface area contributed by atoms with Gasteiger partial charge >= 0.3 is 0 Å². The van der Waals surface area contributed by atoms with Crippen LogP contribution < -0.4 is 10.2 Å². The van der Waals surface area contributed by atoms with Crippen molar-refractivity contribution < 1.29 is 14.7 Å². The summed E-state index contributed by atoms with van der Waals surface area (Å²) in [5.41, 5.74) is 0.638. The normalized spacial score (nSPS) is 14.8. The molecule has 222 valence electrons. The van der Waals surface area contributed by atoms with Crippen LogP contribution in [0.5, 0.6) is 0 Å². The van der Waals surface area contributed by atoms with Gasteiger partial charge in [0.25, 0.3) is 11.0 Å². The summed E-state index contributed by atoms with van der Waals surface area (Å²) in [6.07, 6.45) is 19.5. The molecule has 0 bridgehead atoms.